The molecule has 6 nitrogen and oxygen atoms in total. The van der Waals surface area contributed by atoms with E-state index in [2.05, 4.69) is 10.6 Å². The molecule has 6 heteroatoms. The molecule has 20 heavy (non-hydrogen) atoms. The Balaban J connectivity index is 1.78. The molecule has 3 N–H and O–H groups in total. The number of benzene rings is 1. The van der Waals surface area contributed by atoms with Crippen LogP contribution in [0.25, 0.3) is 0 Å². The molecule has 106 valence electrons. The maximum Gasteiger partial charge on any atom is 0.322 e. The quantitative estimate of drug-likeness (QED) is 0.669. The lowest BCUT2D eigenvalue weighted by atomic mass is 9.97. The number of hydrogen-bond acceptors (Lipinski definition) is 4. The Morgan fingerprint density at radius 2 is 2.05 bits per heavy atom. The van der Waals surface area contributed by atoms with E-state index in [4.69, 9.17) is 0 Å². The molecular formula is C14H17N3O3. The van der Waals surface area contributed by atoms with Gasteiger partial charge in [-0.05, 0) is 12.0 Å². The number of rotatable bonds is 3. The molecule has 0 bridgehead atoms. The maximum absolute atomic E-state index is 12.0. The van der Waals surface area contributed by atoms with Gasteiger partial charge in [0.15, 0.2) is 0 Å². The summed E-state index contributed by atoms with van der Waals surface area (Å²) in [7, 11) is 0. The van der Waals surface area contributed by atoms with E-state index >= 15 is 0 Å². The number of nitrogens with zero attached hydrogens (tertiary/aromatic N) is 1. The first kappa shape index (κ1) is 13.1. The fraction of sp³-hybridized carbons (Fsp3) is 0.429. The van der Waals surface area contributed by atoms with Gasteiger partial charge in [0.2, 0.25) is 0 Å². The largest absolute Gasteiger partial charge is 0.395 e. The normalized spacial score (nSPS) is 29.8. The van der Waals surface area contributed by atoms with Crippen molar-refractivity contribution < 1.29 is 14.7 Å². The minimum absolute atomic E-state index is 0.0300. The van der Waals surface area contributed by atoms with Crippen LogP contribution in [0.2, 0.25) is 0 Å². The standard InChI is InChI=1S/C14H17N3O3/c18-8-11-6-14(12(19)15-13(20)16-14)9-17(11)7-10-4-2-1-3-5-10/h1-5,11,18H,6-9H2,(H2,15,16,19,20)/t11-,14-/m0/s1. The molecule has 3 amide bonds. The summed E-state index contributed by atoms with van der Waals surface area (Å²) in [6.07, 6.45) is 0.438. The van der Waals surface area contributed by atoms with E-state index in [1.54, 1.807) is 0 Å². The monoisotopic (exact) mass is 275 g/mol. The highest BCUT2D eigenvalue weighted by molar-refractivity contribution is 6.07. The second-order valence-corrected chi connectivity index (χ2v) is 5.42. The third-order valence-corrected chi connectivity index (χ3v) is 4.03. The van der Waals surface area contributed by atoms with Gasteiger partial charge < -0.3 is 10.4 Å². The lowest BCUT2D eigenvalue weighted by Crippen LogP contribution is -2.48. The van der Waals surface area contributed by atoms with E-state index in [1.165, 1.54) is 0 Å². The number of urea groups is 1. The van der Waals surface area contributed by atoms with Crippen molar-refractivity contribution in [1.29, 1.82) is 0 Å². The van der Waals surface area contributed by atoms with Crippen molar-refractivity contribution in [1.82, 2.24) is 15.5 Å². The van der Waals surface area contributed by atoms with Gasteiger partial charge in [-0.2, -0.15) is 0 Å². The lowest BCUT2D eigenvalue weighted by molar-refractivity contribution is -0.123. The number of hydrogen-bond donors (Lipinski definition) is 3. The van der Waals surface area contributed by atoms with E-state index in [-0.39, 0.29) is 18.6 Å². The highest BCUT2D eigenvalue weighted by atomic mass is 16.3. The van der Waals surface area contributed by atoms with Crippen molar-refractivity contribution in [2.75, 3.05) is 13.2 Å². The molecule has 2 aliphatic rings. The van der Waals surface area contributed by atoms with Gasteiger partial charge in [0, 0.05) is 19.1 Å². The third kappa shape index (κ3) is 2.17. The first-order valence-electron chi connectivity index (χ1n) is 6.65. The zero-order valence-corrected chi connectivity index (χ0v) is 11.0. The smallest absolute Gasteiger partial charge is 0.322 e. The van der Waals surface area contributed by atoms with E-state index < -0.39 is 11.6 Å². The molecule has 2 heterocycles. The summed E-state index contributed by atoms with van der Waals surface area (Å²) in [5.74, 6) is -0.295. The van der Waals surface area contributed by atoms with Gasteiger partial charge in [0.1, 0.15) is 5.54 Å². The molecule has 1 spiro atoms. The number of nitrogens with one attached hydrogen (secondary N) is 2. The lowest BCUT2D eigenvalue weighted by Gasteiger charge is -2.23. The summed E-state index contributed by atoms with van der Waals surface area (Å²) in [5, 5.41) is 14.5. The molecular weight excluding hydrogens is 258 g/mol. The Bertz CT molecular complexity index is 534. The second kappa shape index (κ2) is 4.88. The molecule has 3 rings (SSSR count). The first-order valence-corrected chi connectivity index (χ1v) is 6.65. The number of aliphatic hydroxyl groups excluding tert-OH is 1. The van der Waals surface area contributed by atoms with Crippen LogP contribution in [-0.4, -0.2) is 46.7 Å². The highest BCUT2D eigenvalue weighted by Crippen LogP contribution is 2.30. The summed E-state index contributed by atoms with van der Waals surface area (Å²) in [5.41, 5.74) is 0.229. The molecule has 0 radical (unpaired) electrons. The van der Waals surface area contributed by atoms with Gasteiger partial charge in [0.05, 0.1) is 6.61 Å². The molecule has 0 aromatic heterocycles. The van der Waals surface area contributed by atoms with Crippen molar-refractivity contribution in [3.63, 3.8) is 0 Å². The number of carbonyl (C=O) groups is 2. The fourth-order valence-electron chi connectivity index (χ4n) is 3.04. The van der Waals surface area contributed by atoms with Crippen molar-refractivity contribution in [3.8, 4) is 0 Å². The average molecular weight is 275 g/mol. The average Bonchev–Trinajstić information content (AvgIpc) is 2.91. The Morgan fingerprint density at radius 3 is 2.65 bits per heavy atom. The summed E-state index contributed by atoms with van der Waals surface area (Å²) >= 11 is 0. The zero-order chi connectivity index (χ0) is 14.2. The molecule has 1 aromatic rings. The van der Waals surface area contributed by atoms with Crippen LogP contribution >= 0.6 is 0 Å². The number of likely N-dealkylation sites (tertiary alicyclic amines) is 1. The molecule has 0 unspecified atom stereocenters. The molecule has 2 aliphatic heterocycles. The summed E-state index contributed by atoms with van der Waals surface area (Å²) in [4.78, 5) is 25.4. The van der Waals surface area contributed by atoms with Crippen LogP contribution in [-0.2, 0) is 11.3 Å². The number of imide groups is 1. The third-order valence-electron chi connectivity index (χ3n) is 4.03. The van der Waals surface area contributed by atoms with Crippen LogP contribution in [0.15, 0.2) is 30.3 Å². The predicted octanol–water partition coefficient (Wildman–Crippen LogP) is -0.169. The Morgan fingerprint density at radius 1 is 1.30 bits per heavy atom. The summed E-state index contributed by atoms with van der Waals surface area (Å²) in [6, 6.07) is 9.30. The van der Waals surface area contributed by atoms with Crippen LogP contribution in [0.3, 0.4) is 0 Å². The molecule has 2 atom stereocenters. The van der Waals surface area contributed by atoms with Gasteiger partial charge in [-0.15, -0.1) is 0 Å². The minimum atomic E-state index is -0.890. The second-order valence-electron chi connectivity index (χ2n) is 5.42. The highest BCUT2D eigenvalue weighted by Gasteiger charge is 2.53. The van der Waals surface area contributed by atoms with E-state index in [0.717, 1.165) is 5.56 Å². The predicted molar refractivity (Wildman–Crippen MR) is 71.7 cm³/mol. The summed E-state index contributed by atoms with van der Waals surface area (Å²) < 4.78 is 0. The van der Waals surface area contributed by atoms with Crippen LogP contribution < -0.4 is 10.6 Å². The van der Waals surface area contributed by atoms with Crippen LogP contribution in [0.1, 0.15) is 12.0 Å². The fourth-order valence-corrected chi connectivity index (χ4v) is 3.04. The molecule has 2 fully saturated rings. The van der Waals surface area contributed by atoms with Crippen LogP contribution in [0, 0.1) is 0 Å². The Labute approximate surface area is 116 Å². The maximum atomic E-state index is 12.0. The van der Waals surface area contributed by atoms with Crippen LogP contribution in [0.4, 0.5) is 4.79 Å². The number of aliphatic hydroxyl groups is 1. The number of carbonyl (C=O) groups excluding carboxylic acids is 2. The van der Waals surface area contributed by atoms with Gasteiger partial charge in [-0.25, -0.2) is 4.79 Å². The molecule has 0 aliphatic carbocycles. The van der Waals surface area contributed by atoms with Crippen molar-refractivity contribution in [2.45, 2.75) is 24.5 Å². The van der Waals surface area contributed by atoms with E-state index in [0.29, 0.717) is 19.5 Å². The van der Waals surface area contributed by atoms with E-state index in [1.807, 2.05) is 35.2 Å². The van der Waals surface area contributed by atoms with Gasteiger partial charge >= 0.3 is 6.03 Å². The van der Waals surface area contributed by atoms with Crippen molar-refractivity contribution in [3.05, 3.63) is 35.9 Å². The molecule has 1 aromatic carbocycles. The van der Waals surface area contributed by atoms with E-state index in [9.17, 15) is 14.7 Å². The Hall–Kier alpha value is -1.92. The van der Waals surface area contributed by atoms with Gasteiger partial charge in [-0.3, -0.25) is 15.0 Å². The topological polar surface area (TPSA) is 81.7 Å². The molecule has 2 saturated heterocycles. The van der Waals surface area contributed by atoms with Gasteiger partial charge in [0.25, 0.3) is 5.91 Å². The number of amides is 3. The van der Waals surface area contributed by atoms with Crippen molar-refractivity contribution >= 4 is 11.9 Å². The first-order chi connectivity index (χ1) is 9.63. The zero-order valence-electron chi connectivity index (χ0n) is 11.0. The van der Waals surface area contributed by atoms with Crippen LogP contribution in [0.5, 0.6) is 0 Å². The minimum Gasteiger partial charge on any atom is -0.395 e. The van der Waals surface area contributed by atoms with Crippen molar-refractivity contribution in [2.24, 2.45) is 0 Å². The summed E-state index contributed by atoms with van der Waals surface area (Å²) in [6.45, 7) is 1.04. The SMILES string of the molecule is O=C1NC(=O)[C@@]2(C[C@@H](CO)N(Cc3ccccc3)C2)N1. The molecule has 0 saturated carbocycles. The van der Waals surface area contributed by atoms with Gasteiger partial charge in [-0.1, -0.05) is 30.3 Å². The Kier molecular flexibility index (Phi) is 3.19.